The summed E-state index contributed by atoms with van der Waals surface area (Å²) in [7, 11) is 0. The lowest BCUT2D eigenvalue weighted by Gasteiger charge is -2.26. The van der Waals surface area contributed by atoms with E-state index in [1.807, 2.05) is 6.07 Å². The maximum Gasteiger partial charge on any atom is 0.414 e. The van der Waals surface area contributed by atoms with E-state index in [1.165, 1.54) is 4.90 Å². The fourth-order valence-electron chi connectivity index (χ4n) is 2.55. The molecule has 0 saturated carbocycles. The van der Waals surface area contributed by atoms with Crippen molar-refractivity contribution >= 4 is 17.7 Å². The molecule has 6 nitrogen and oxygen atoms in total. The van der Waals surface area contributed by atoms with Crippen molar-refractivity contribution in [3.8, 4) is 0 Å². The predicted molar refractivity (Wildman–Crippen MR) is 85.3 cm³/mol. The first kappa shape index (κ1) is 17.3. The number of nitrogens with zero attached hydrogens (tertiary/aromatic N) is 1. The van der Waals surface area contributed by atoms with Crippen molar-refractivity contribution in [2.24, 2.45) is 0 Å². The molecule has 0 aromatic heterocycles. The van der Waals surface area contributed by atoms with Gasteiger partial charge in [-0.05, 0) is 39.7 Å². The molecule has 126 valence electrons. The number of rotatable bonds is 3. The fourth-order valence-corrected chi connectivity index (χ4v) is 2.55. The third kappa shape index (κ3) is 3.82. The van der Waals surface area contributed by atoms with Gasteiger partial charge >= 0.3 is 12.1 Å². The first-order valence-corrected chi connectivity index (χ1v) is 7.71. The molecular formula is C17H23NO5. The number of para-hydroxylation sites is 1. The molecule has 6 heteroatoms. The van der Waals surface area contributed by atoms with E-state index in [9.17, 15) is 14.7 Å². The zero-order chi connectivity index (χ0) is 17.2. The smallest absolute Gasteiger partial charge is 0.414 e. The van der Waals surface area contributed by atoms with Gasteiger partial charge in [-0.25, -0.2) is 9.59 Å². The van der Waals surface area contributed by atoms with E-state index in [0.29, 0.717) is 24.2 Å². The molecule has 1 aromatic carbocycles. The summed E-state index contributed by atoms with van der Waals surface area (Å²) in [5.41, 5.74) is 1.19. The van der Waals surface area contributed by atoms with Gasteiger partial charge in [0.25, 0.3) is 0 Å². The van der Waals surface area contributed by atoms with Crippen LogP contribution in [0.2, 0.25) is 0 Å². The summed E-state index contributed by atoms with van der Waals surface area (Å²) >= 11 is 0. The Bertz CT molecular complexity index is 605. The largest absolute Gasteiger partial charge is 0.464 e. The maximum absolute atomic E-state index is 12.4. The Hall–Kier alpha value is -2.08. The molecule has 0 saturated heterocycles. The summed E-state index contributed by atoms with van der Waals surface area (Å²) in [5, 5.41) is 10.3. The quantitative estimate of drug-likeness (QED) is 0.866. The number of aliphatic hydroxyl groups is 1. The summed E-state index contributed by atoms with van der Waals surface area (Å²) in [6.45, 7) is 7.69. The first-order chi connectivity index (χ1) is 10.7. The van der Waals surface area contributed by atoms with Crippen LogP contribution in [-0.2, 0) is 20.7 Å². The van der Waals surface area contributed by atoms with Crippen LogP contribution >= 0.6 is 0 Å². The normalized spacial score (nSPS) is 15.1. The Morgan fingerprint density at radius 3 is 2.65 bits per heavy atom. The number of anilines is 1. The van der Waals surface area contributed by atoms with Gasteiger partial charge in [-0.15, -0.1) is 0 Å². The number of esters is 1. The molecular weight excluding hydrogens is 298 g/mol. The van der Waals surface area contributed by atoms with Crippen molar-refractivity contribution in [2.45, 2.75) is 45.8 Å². The third-order valence-electron chi connectivity index (χ3n) is 3.44. The lowest BCUT2D eigenvalue weighted by atomic mass is 10.0. The van der Waals surface area contributed by atoms with E-state index < -0.39 is 23.8 Å². The maximum atomic E-state index is 12.4. The van der Waals surface area contributed by atoms with Gasteiger partial charge in [-0.1, -0.05) is 18.2 Å². The number of carbonyl (C=O) groups is 2. The SMILES string of the molecule is CCOC(=O)C(O)c1cccc2c1N(C(=O)OC(C)(C)C)CC2. The van der Waals surface area contributed by atoms with Crippen molar-refractivity contribution in [3.63, 3.8) is 0 Å². The van der Waals surface area contributed by atoms with Crippen LogP contribution in [0.25, 0.3) is 0 Å². The van der Waals surface area contributed by atoms with Gasteiger partial charge in [0.05, 0.1) is 12.3 Å². The Balaban J connectivity index is 2.34. The van der Waals surface area contributed by atoms with E-state index >= 15 is 0 Å². The molecule has 1 aliphatic rings. The number of amides is 1. The number of hydrogen-bond acceptors (Lipinski definition) is 5. The lowest BCUT2D eigenvalue weighted by molar-refractivity contribution is -0.153. The number of fused-ring (bicyclic) bond motifs is 1. The molecule has 23 heavy (non-hydrogen) atoms. The van der Waals surface area contributed by atoms with Crippen LogP contribution in [0.15, 0.2) is 18.2 Å². The Morgan fingerprint density at radius 1 is 1.35 bits per heavy atom. The second kappa shape index (κ2) is 6.58. The highest BCUT2D eigenvalue weighted by molar-refractivity contribution is 5.93. The highest BCUT2D eigenvalue weighted by atomic mass is 16.6. The van der Waals surface area contributed by atoms with E-state index in [-0.39, 0.29) is 6.61 Å². The summed E-state index contributed by atoms with van der Waals surface area (Å²) in [4.78, 5) is 25.7. The number of benzene rings is 1. The Kier molecular flexibility index (Phi) is 4.94. The number of hydrogen-bond donors (Lipinski definition) is 1. The standard InChI is InChI=1S/C17H23NO5/c1-5-22-15(20)14(19)12-8-6-7-11-9-10-18(13(11)12)16(21)23-17(2,3)4/h6-8,14,19H,5,9-10H2,1-4H3. The van der Waals surface area contributed by atoms with Crippen LogP contribution in [0, 0.1) is 0 Å². The zero-order valence-electron chi connectivity index (χ0n) is 14.0. The van der Waals surface area contributed by atoms with E-state index in [4.69, 9.17) is 9.47 Å². The summed E-state index contributed by atoms with van der Waals surface area (Å²) in [6, 6.07) is 5.26. The van der Waals surface area contributed by atoms with E-state index in [1.54, 1.807) is 39.8 Å². The van der Waals surface area contributed by atoms with Crippen LogP contribution in [0.5, 0.6) is 0 Å². The van der Waals surface area contributed by atoms with Crippen molar-refractivity contribution in [2.75, 3.05) is 18.1 Å². The minimum Gasteiger partial charge on any atom is -0.464 e. The second-order valence-electron chi connectivity index (χ2n) is 6.39. The average Bonchev–Trinajstić information content (AvgIpc) is 2.89. The summed E-state index contributed by atoms with van der Waals surface area (Å²) in [6.07, 6.45) is -1.26. The highest BCUT2D eigenvalue weighted by Crippen LogP contribution is 2.36. The molecule has 1 aromatic rings. The first-order valence-electron chi connectivity index (χ1n) is 7.71. The molecule has 1 amide bonds. The topological polar surface area (TPSA) is 76.1 Å². The van der Waals surface area contributed by atoms with Crippen LogP contribution in [0.1, 0.15) is 44.9 Å². The van der Waals surface area contributed by atoms with Gasteiger partial charge in [0, 0.05) is 12.1 Å². The minimum absolute atomic E-state index is 0.181. The molecule has 0 fully saturated rings. The predicted octanol–water partition coefficient (Wildman–Crippen LogP) is 2.58. The van der Waals surface area contributed by atoms with Gasteiger partial charge in [0.1, 0.15) is 5.60 Å². The average molecular weight is 321 g/mol. The number of ether oxygens (including phenoxy) is 2. The third-order valence-corrected chi connectivity index (χ3v) is 3.44. The van der Waals surface area contributed by atoms with E-state index in [0.717, 1.165) is 5.56 Å². The van der Waals surface area contributed by atoms with Crippen LogP contribution in [-0.4, -0.2) is 35.9 Å². The zero-order valence-corrected chi connectivity index (χ0v) is 14.0. The summed E-state index contributed by atoms with van der Waals surface area (Å²) in [5.74, 6) is -0.725. The van der Waals surface area contributed by atoms with Crippen molar-refractivity contribution in [1.29, 1.82) is 0 Å². The molecule has 0 spiro atoms. The van der Waals surface area contributed by atoms with Crippen molar-refractivity contribution in [3.05, 3.63) is 29.3 Å². The minimum atomic E-state index is -1.42. The Labute approximate surface area is 136 Å². The molecule has 1 unspecified atom stereocenters. The molecule has 0 aliphatic carbocycles. The summed E-state index contributed by atoms with van der Waals surface area (Å²) < 4.78 is 10.3. The fraction of sp³-hybridized carbons (Fsp3) is 0.529. The van der Waals surface area contributed by atoms with Crippen molar-refractivity contribution in [1.82, 2.24) is 0 Å². The molecule has 1 atom stereocenters. The Morgan fingerprint density at radius 2 is 2.04 bits per heavy atom. The van der Waals surface area contributed by atoms with Gasteiger partial charge in [0.15, 0.2) is 6.10 Å². The number of carbonyl (C=O) groups excluding carboxylic acids is 2. The van der Waals surface area contributed by atoms with Gasteiger partial charge in [-0.3, -0.25) is 4.90 Å². The van der Waals surface area contributed by atoms with Crippen LogP contribution in [0.3, 0.4) is 0 Å². The molecule has 1 heterocycles. The second-order valence-corrected chi connectivity index (χ2v) is 6.39. The van der Waals surface area contributed by atoms with E-state index in [2.05, 4.69) is 0 Å². The van der Waals surface area contributed by atoms with Crippen molar-refractivity contribution < 1.29 is 24.2 Å². The highest BCUT2D eigenvalue weighted by Gasteiger charge is 2.34. The molecule has 1 aliphatic heterocycles. The van der Waals surface area contributed by atoms with Gasteiger partial charge < -0.3 is 14.6 Å². The number of aliphatic hydroxyl groups excluding tert-OH is 1. The monoisotopic (exact) mass is 321 g/mol. The van der Waals surface area contributed by atoms with Gasteiger partial charge in [-0.2, -0.15) is 0 Å². The molecule has 0 bridgehead atoms. The lowest BCUT2D eigenvalue weighted by Crippen LogP contribution is -2.36. The molecule has 1 N–H and O–H groups in total. The van der Waals surface area contributed by atoms with Crippen LogP contribution in [0.4, 0.5) is 10.5 Å². The van der Waals surface area contributed by atoms with Gasteiger partial charge in [0.2, 0.25) is 0 Å². The van der Waals surface area contributed by atoms with Crippen LogP contribution < -0.4 is 4.90 Å². The molecule has 2 rings (SSSR count). The molecule has 0 radical (unpaired) electrons.